The molecule has 1 atom stereocenters. The highest BCUT2D eigenvalue weighted by atomic mass is 35.5. The summed E-state index contributed by atoms with van der Waals surface area (Å²) in [6.45, 7) is 6.65. The maximum Gasteiger partial charge on any atom is 0.264 e. The molecule has 202 valence electrons. The van der Waals surface area contributed by atoms with Crippen LogP contribution in [0.15, 0.2) is 77.7 Å². The van der Waals surface area contributed by atoms with Crippen LogP contribution in [-0.2, 0) is 26.2 Å². The predicted molar refractivity (Wildman–Crippen MR) is 152 cm³/mol. The molecule has 0 saturated carbocycles. The third-order valence-electron chi connectivity index (χ3n) is 5.87. The number of carbonyl (C=O) groups excluding carboxylic acids is 2. The van der Waals surface area contributed by atoms with Crippen LogP contribution in [0.3, 0.4) is 0 Å². The zero-order chi connectivity index (χ0) is 28.0. The van der Waals surface area contributed by atoms with Crippen LogP contribution in [0.1, 0.15) is 31.9 Å². The molecule has 0 saturated heterocycles. The van der Waals surface area contributed by atoms with E-state index in [9.17, 15) is 18.0 Å². The van der Waals surface area contributed by atoms with Gasteiger partial charge in [0.05, 0.1) is 20.6 Å². The maximum absolute atomic E-state index is 13.8. The topological polar surface area (TPSA) is 86.8 Å². The third-order valence-corrected chi connectivity index (χ3v) is 8.39. The van der Waals surface area contributed by atoms with Gasteiger partial charge in [0, 0.05) is 12.6 Å². The first-order chi connectivity index (χ1) is 17.9. The second-order valence-electron chi connectivity index (χ2n) is 9.27. The molecule has 0 aromatic heterocycles. The summed E-state index contributed by atoms with van der Waals surface area (Å²) in [7, 11) is -4.10. The molecule has 0 aliphatic carbocycles. The van der Waals surface area contributed by atoms with Crippen LogP contribution in [-0.4, -0.2) is 43.8 Å². The van der Waals surface area contributed by atoms with Gasteiger partial charge in [0.2, 0.25) is 11.8 Å². The smallest absolute Gasteiger partial charge is 0.264 e. The van der Waals surface area contributed by atoms with E-state index < -0.39 is 28.5 Å². The zero-order valence-electron chi connectivity index (χ0n) is 21.7. The average molecular weight is 577 g/mol. The number of sulfonamides is 1. The number of hydrogen-bond donors (Lipinski definition) is 1. The molecule has 0 spiro atoms. The van der Waals surface area contributed by atoms with Crippen LogP contribution in [0, 0.1) is 6.92 Å². The number of benzene rings is 3. The fourth-order valence-electron chi connectivity index (χ4n) is 3.78. The summed E-state index contributed by atoms with van der Waals surface area (Å²) in [5, 5.41) is 3.49. The zero-order valence-corrected chi connectivity index (χ0v) is 24.0. The van der Waals surface area contributed by atoms with Gasteiger partial charge in [-0.1, -0.05) is 65.2 Å². The number of anilines is 1. The van der Waals surface area contributed by atoms with Crippen molar-refractivity contribution in [2.75, 3.05) is 10.8 Å². The average Bonchev–Trinajstić information content (AvgIpc) is 2.88. The molecular formula is C28H31Cl2N3O4S. The van der Waals surface area contributed by atoms with Crippen LogP contribution in [0.4, 0.5) is 5.69 Å². The molecule has 38 heavy (non-hydrogen) atoms. The van der Waals surface area contributed by atoms with Crippen molar-refractivity contribution in [2.24, 2.45) is 0 Å². The Hall–Kier alpha value is -3.07. The molecule has 0 heterocycles. The minimum absolute atomic E-state index is 0.0233. The van der Waals surface area contributed by atoms with Gasteiger partial charge in [0.15, 0.2) is 0 Å². The Balaban J connectivity index is 2.02. The normalized spacial score (nSPS) is 12.2. The number of amides is 2. The second kappa shape index (κ2) is 12.7. The molecule has 7 nitrogen and oxygen atoms in total. The van der Waals surface area contributed by atoms with E-state index in [0.29, 0.717) is 21.3 Å². The fourth-order valence-corrected chi connectivity index (χ4v) is 5.54. The number of aryl methyl sites for hydroxylation is 1. The first-order valence-corrected chi connectivity index (χ1v) is 14.3. The summed E-state index contributed by atoms with van der Waals surface area (Å²) in [5.41, 5.74) is 1.92. The van der Waals surface area contributed by atoms with Crippen molar-refractivity contribution in [3.05, 3.63) is 94.0 Å². The van der Waals surface area contributed by atoms with Crippen molar-refractivity contribution in [1.29, 1.82) is 0 Å². The summed E-state index contributed by atoms with van der Waals surface area (Å²) in [6, 6.07) is 18.7. The number of halogens is 2. The Morgan fingerprint density at radius 1 is 0.895 bits per heavy atom. The molecule has 3 aromatic rings. The molecule has 0 fully saturated rings. The highest BCUT2D eigenvalue weighted by molar-refractivity contribution is 7.92. The Bertz CT molecular complexity index is 1380. The van der Waals surface area contributed by atoms with Gasteiger partial charge >= 0.3 is 0 Å². The largest absolute Gasteiger partial charge is 0.352 e. The van der Waals surface area contributed by atoms with Gasteiger partial charge in [-0.3, -0.25) is 13.9 Å². The first kappa shape index (κ1) is 29.5. The van der Waals surface area contributed by atoms with Gasteiger partial charge in [0.1, 0.15) is 12.6 Å². The van der Waals surface area contributed by atoms with Crippen molar-refractivity contribution in [1.82, 2.24) is 10.2 Å². The number of nitrogens with one attached hydrogen (secondary N) is 1. The van der Waals surface area contributed by atoms with Crippen molar-refractivity contribution < 1.29 is 18.0 Å². The maximum atomic E-state index is 13.8. The lowest BCUT2D eigenvalue weighted by Crippen LogP contribution is -2.52. The molecule has 10 heteroatoms. The van der Waals surface area contributed by atoms with Crippen LogP contribution < -0.4 is 9.62 Å². The van der Waals surface area contributed by atoms with Gasteiger partial charge in [0.25, 0.3) is 10.0 Å². The quantitative estimate of drug-likeness (QED) is 0.348. The van der Waals surface area contributed by atoms with Gasteiger partial charge < -0.3 is 10.2 Å². The summed E-state index contributed by atoms with van der Waals surface area (Å²) in [6.07, 6.45) is 0. The highest BCUT2D eigenvalue weighted by Crippen LogP contribution is 2.26. The molecule has 2 amide bonds. The minimum Gasteiger partial charge on any atom is -0.352 e. The van der Waals surface area contributed by atoms with Crippen molar-refractivity contribution >= 4 is 50.7 Å². The highest BCUT2D eigenvalue weighted by Gasteiger charge is 2.32. The SMILES string of the molecule is Cc1ccc(N(CC(=O)N(Cc2ccc(Cl)c(Cl)c2)C(C)C(=O)NC(C)C)S(=O)(=O)c2ccccc2)cc1. The molecule has 3 rings (SSSR count). The molecular weight excluding hydrogens is 545 g/mol. The van der Waals surface area contributed by atoms with E-state index in [1.807, 2.05) is 20.8 Å². The number of nitrogens with zero attached hydrogens (tertiary/aromatic N) is 2. The Morgan fingerprint density at radius 2 is 1.53 bits per heavy atom. The van der Waals surface area contributed by atoms with E-state index >= 15 is 0 Å². The van der Waals surface area contributed by atoms with Crippen LogP contribution in [0.25, 0.3) is 0 Å². The van der Waals surface area contributed by atoms with Gasteiger partial charge in [-0.05, 0) is 69.7 Å². The second-order valence-corrected chi connectivity index (χ2v) is 11.9. The van der Waals surface area contributed by atoms with E-state index in [2.05, 4.69) is 5.32 Å². The van der Waals surface area contributed by atoms with E-state index in [1.54, 1.807) is 67.6 Å². The van der Waals surface area contributed by atoms with Crippen LogP contribution >= 0.6 is 23.2 Å². The summed E-state index contributed by atoms with van der Waals surface area (Å²) < 4.78 is 28.5. The summed E-state index contributed by atoms with van der Waals surface area (Å²) in [5.74, 6) is -0.913. The van der Waals surface area contributed by atoms with Crippen LogP contribution in [0.2, 0.25) is 10.0 Å². The molecule has 0 aliphatic rings. The molecule has 3 aromatic carbocycles. The standard InChI is InChI=1S/C28H31Cl2N3O4S/c1-19(2)31-28(35)21(4)32(17-22-12-15-25(29)26(30)16-22)27(34)18-33(23-13-10-20(3)11-14-23)38(36,37)24-8-6-5-7-9-24/h5-16,19,21H,17-18H2,1-4H3,(H,31,35). The van der Waals surface area contributed by atoms with Gasteiger partial charge in [-0.2, -0.15) is 0 Å². The first-order valence-electron chi connectivity index (χ1n) is 12.1. The number of carbonyl (C=O) groups is 2. The number of hydrogen-bond acceptors (Lipinski definition) is 4. The summed E-state index contributed by atoms with van der Waals surface area (Å²) >= 11 is 12.2. The third kappa shape index (κ3) is 7.28. The minimum atomic E-state index is -4.10. The van der Waals surface area contributed by atoms with E-state index in [1.165, 1.54) is 17.0 Å². The lowest BCUT2D eigenvalue weighted by Gasteiger charge is -2.32. The van der Waals surface area contributed by atoms with Gasteiger partial charge in [-0.15, -0.1) is 0 Å². The number of rotatable bonds is 10. The fraction of sp³-hybridized carbons (Fsp3) is 0.286. The summed E-state index contributed by atoms with van der Waals surface area (Å²) in [4.78, 5) is 28.2. The molecule has 0 radical (unpaired) electrons. The van der Waals surface area contributed by atoms with Crippen molar-refractivity contribution in [3.63, 3.8) is 0 Å². The van der Waals surface area contributed by atoms with Crippen molar-refractivity contribution in [3.8, 4) is 0 Å². The molecule has 1 N–H and O–H groups in total. The Labute approximate surface area is 234 Å². The van der Waals surface area contributed by atoms with E-state index in [4.69, 9.17) is 23.2 Å². The predicted octanol–water partition coefficient (Wildman–Crippen LogP) is 5.44. The Kier molecular flexibility index (Phi) is 9.82. The lowest BCUT2D eigenvalue weighted by atomic mass is 10.1. The Morgan fingerprint density at radius 3 is 2.11 bits per heavy atom. The lowest BCUT2D eigenvalue weighted by molar-refractivity contribution is -0.139. The molecule has 0 aliphatic heterocycles. The van der Waals surface area contributed by atoms with E-state index in [-0.39, 0.29) is 23.4 Å². The molecule has 0 bridgehead atoms. The molecule has 1 unspecified atom stereocenters. The van der Waals surface area contributed by atoms with Crippen LogP contribution in [0.5, 0.6) is 0 Å². The van der Waals surface area contributed by atoms with Crippen molar-refractivity contribution in [2.45, 2.75) is 51.2 Å². The monoisotopic (exact) mass is 575 g/mol. The van der Waals surface area contributed by atoms with Gasteiger partial charge in [-0.25, -0.2) is 8.42 Å². The van der Waals surface area contributed by atoms with E-state index in [0.717, 1.165) is 9.87 Å².